The van der Waals surface area contributed by atoms with Crippen LogP contribution in [0, 0.1) is 0 Å². The standard InChI is InChI=1S/C13H27N3O/c1-4-14-11(3)9-13(17)15-12-7-6-8-16(5-2)10-12/h11-12,14H,4-10H2,1-3H3,(H,15,17). The van der Waals surface area contributed by atoms with E-state index in [-0.39, 0.29) is 11.9 Å². The maximum Gasteiger partial charge on any atom is 0.221 e. The normalized spacial score (nSPS) is 23.4. The molecule has 0 aromatic carbocycles. The molecule has 4 heteroatoms. The minimum atomic E-state index is 0.182. The molecule has 0 bridgehead atoms. The van der Waals surface area contributed by atoms with Crippen LogP contribution in [0.5, 0.6) is 0 Å². The van der Waals surface area contributed by atoms with E-state index in [0.29, 0.717) is 12.5 Å². The zero-order valence-electron chi connectivity index (χ0n) is 11.5. The van der Waals surface area contributed by atoms with Crippen LogP contribution in [0.15, 0.2) is 0 Å². The van der Waals surface area contributed by atoms with Crippen LogP contribution < -0.4 is 10.6 Å². The Morgan fingerprint density at radius 1 is 1.47 bits per heavy atom. The molecule has 0 aromatic heterocycles. The van der Waals surface area contributed by atoms with Crippen molar-refractivity contribution in [2.24, 2.45) is 0 Å². The molecule has 17 heavy (non-hydrogen) atoms. The fourth-order valence-corrected chi connectivity index (χ4v) is 2.45. The molecule has 0 saturated carbocycles. The number of likely N-dealkylation sites (tertiary alicyclic amines) is 1. The van der Waals surface area contributed by atoms with Crippen molar-refractivity contribution in [1.82, 2.24) is 15.5 Å². The Hall–Kier alpha value is -0.610. The number of piperidine rings is 1. The lowest BCUT2D eigenvalue weighted by Gasteiger charge is -2.32. The van der Waals surface area contributed by atoms with Crippen LogP contribution >= 0.6 is 0 Å². The summed E-state index contributed by atoms with van der Waals surface area (Å²) in [6.45, 7) is 10.5. The van der Waals surface area contributed by atoms with Crippen molar-refractivity contribution in [2.45, 2.75) is 52.1 Å². The lowest BCUT2D eigenvalue weighted by Crippen LogP contribution is -2.48. The molecule has 1 saturated heterocycles. The average molecular weight is 241 g/mol. The van der Waals surface area contributed by atoms with Crippen molar-refractivity contribution < 1.29 is 4.79 Å². The molecule has 2 N–H and O–H groups in total. The number of nitrogens with zero attached hydrogens (tertiary/aromatic N) is 1. The van der Waals surface area contributed by atoms with E-state index in [1.54, 1.807) is 0 Å². The van der Waals surface area contributed by atoms with E-state index < -0.39 is 0 Å². The fourth-order valence-electron chi connectivity index (χ4n) is 2.45. The minimum absolute atomic E-state index is 0.182. The maximum absolute atomic E-state index is 11.8. The van der Waals surface area contributed by atoms with Gasteiger partial charge in [0.2, 0.25) is 5.91 Å². The van der Waals surface area contributed by atoms with E-state index in [4.69, 9.17) is 0 Å². The van der Waals surface area contributed by atoms with Gasteiger partial charge < -0.3 is 15.5 Å². The summed E-state index contributed by atoms with van der Waals surface area (Å²) in [6, 6.07) is 0.621. The molecule has 1 fully saturated rings. The summed E-state index contributed by atoms with van der Waals surface area (Å²) >= 11 is 0. The number of rotatable bonds is 6. The Morgan fingerprint density at radius 2 is 2.24 bits per heavy atom. The molecule has 0 aromatic rings. The highest BCUT2D eigenvalue weighted by Gasteiger charge is 2.20. The molecule has 0 radical (unpaired) electrons. The third-order valence-electron chi connectivity index (χ3n) is 3.36. The third kappa shape index (κ3) is 5.50. The predicted molar refractivity (Wildman–Crippen MR) is 71.0 cm³/mol. The molecule has 1 heterocycles. The molecule has 0 aliphatic carbocycles. The molecule has 2 unspecified atom stereocenters. The van der Waals surface area contributed by atoms with Crippen molar-refractivity contribution >= 4 is 5.91 Å². The van der Waals surface area contributed by atoms with Gasteiger partial charge in [-0.05, 0) is 39.4 Å². The van der Waals surface area contributed by atoms with Gasteiger partial charge in [0.1, 0.15) is 0 Å². The summed E-state index contributed by atoms with van der Waals surface area (Å²) in [7, 11) is 0. The predicted octanol–water partition coefficient (Wildman–Crippen LogP) is 0.975. The van der Waals surface area contributed by atoms with Crippen LogP contribution in [-0.2, 0) is 4.79 Å². The number of nitrogens with one attached hydrogen (secondary N) is 2. The molecule has 0 spiro atoms. The Kier molecular flexibility index (Phi) is 6.52. The monoisotopic (exact) mass is 241 g/mol. The van der Waals surface area contributed by atoms with E-state index in [2.05, 4.69) is 36.3 Å². The molecular weight excluding hydrogens is 214 g/mol. The third-order valence-corrected chi connectivity index (χ3v) is 3.36. The van der Waals surface area contributed by atoms with E-state index >= 15 is 0 Å². The number of hydrogen-bond donors (Lipinski definition) is 2. The summed E-state index contributed by atoms with van der Waals surface area (Å²) < 4.78 is 0. The van der Waals surface area contributed by atoms with E-state index in [0.717, 1.165) is 26.1 Å². The molecule has 1 rings (SSSR count). The second-order valence-electron chi connectivity index (χ2n) is 4.96. The summed E-state index contributed by atoms with van der Waals surface area (Å²) in [5, 5.41) is 6.41. The van der Waals surface area contributed by atoms with Crippen molar-refractivity contribution in [3.05, 3.63) is 0 Å². The summed E-state index contributed by atoms with van der Waals surface area (Å²) in [5.74, 6) is 0.182. The quantitative estimate of drug-likeness (QED) is 0.728. The van der Waals surface area contributed by atoms with Gasteiger partial charge in [-0.25, -0.2) is 0 Å². The van der Waals surface area contributed by atoms with Crippen molar-refractivity contribution in [2.75, 3.05) is 26.2 Å². The highest BCUT2D eigenvalue weighted by atomic mass is 16.1. The van der Waals surface area contributed by atoms with Gasteiger partial charge in [0, 0.05) is 25.0 Å². The van der Waals surface area contributed by atoms with Gasteiger partial charge in [-0.2, -0.15) is 0 Å². The van der Waals surface area contributed by atoms with Crippen molar-refractivity contribution in [3.8, 4) is 0 Å². The first kappa shape index (κ1) is 14.5. The first-order valence-corrected chi connectivity index (χ1v) is 6.90. The van der Waals surface area contributed by atoms with Crippen LogP contribution in [0.1, 0.15) is 40.0 Å². The van der Waals surface area contributed by atoms with E-state index in [1.807, 2.05) is 0 Å². The molecule has 1 aliphatic rings. The molecule has 1 amide bonds. The largest absolute Gasteiger partial charge is 0.352 e. The summed E-state index contributed by atoms with van der Waals surface area (Å²) in [6.07, 6.45) is 2.90. The van der Waals surface area contributed by atoms with Crippen LogP contribution in [-0.4, -0.2) is 49.1 Å². The molecular formula is C13H27N3O. The molecule has 2 atom stereocenters. The van der Waals surface area contributed by atoms with Gasteiger partial charge in [0.25, 0.3) is 0 Å². The zero-order chi connectivity index (χ0) is 12.7. The first-order valence-electron chi connectivity index (χ1n) is 6.90. The first-order chi connectivity index (χ1) is 8.15. The van der Waals surface area contributed by atoms with Crippen LogP contribution in [0.25, 0.3) is 0 Å². The van der Waals surface area contributed by atoms with Gasteiger partial charge in [-0.3, -0.25) is 4.79 Å². The van der Waals surface area contributed by atoms with Gasteiger partial charge in [-0.1, -0.05) is 13.8 Å². The van der Waals surface area contributed by atoms with Gasteiger partial charge in [0.15, 0.2) is 0 Å². The Morgan fingerprint density at radius 3 is 2.88 bits per heavy atom. The summed E-state index contributed by atoms with van der Waals surface area (Å²) in [5.41, 5.74) is 0. The number of carbonyl (C=O) groups excluding carboxylic acids is 1. The van der Waals surface area contributed by atoms with Gasteiger partial charge in [0.05, 0.1) is 0 Å². The second-order valence-corrected chi connectivity index (χ2v) is 4.96. The zero-order valence-corrected chi connectivity index (χ0v) is 11.5. The van der Waals surface area contributed by atoms with Crippen LogP contribution in [0.4, 0.5) is 0 Å². The number of likely N-dealkylation sites (N-methyl/N-ethyl adjacent to an activating group) is 1. The van der Waals surface area contributed by atoms with Gasteiger partial charge >= 0.3 is 0 Å². The molecule has 100 valence electrons. The maximum atomic E-state index is 11.8. The number of amides is 1. The van der Waals surface area contributed by atoms with Crippen molar-refractivity contribution in [1.29, 1.82) is 0 Å². The summed E-state index contributed by atoms with van der Waals surface area (Å²) in [4.78, 5) is 14.2. The SMILES string of the molecule is CCNC(C)CC(=O)NC1CCCN(CC)C1. The van der Waals surface area contributed by atoms with Crippen LogP contribution in [0.3, 0.4) is 0 Å². The smallest absolute Gasteiger partial charge is 0.221 e. The van der Waals surface area contributed by atoms with E-state index in [9.17, 15) is 4.79 Å². The average Bonchev–Trinajstić information content (AvgIpc) is 2.29. The fraction of sp³-hybridized carbons (Fsp3) is 0.923. The Balaban J connectivity index is 2.25. The molecule has 4 nitrogen and oxygen atoms in total. The number of carbonyl (C=O) groups is 1. The Bertz CT molecular complexity index is 233. The number of hydrogen-bond acceptors (Lipinski definition) is 3. The lowest BCUT2D eigenvalue weighted by molar-refractivity contribution is -0.122. The van der Waals surface area contributed by atoms with Crippen LogP contribution in [0.2, 0.25) is 0 Å². The highest BCUT2D eigenvalue weighted by molar-refractivity contribution is 5.76. The Labute approximate surface area is 105 Å². The minimum Gasteiger partial charge on any atom is -0.352 e. The lowest BCUT2D eigenvalue weighted by atomic mass is 10.1. The van der Waals surface area contributed by atoms with Gasteiger partial charge in [-0.15, -0.1) is 0 Å². The molecule has 1 aliphatic heterocycles. The topological polar surface area (TPSA) is 44.4 Å². The van der Waals surface area contributed by atoms with Crippen molar-refractivity contribution in [3.63, 3.8) is 0 Å². The highest BCUT2D eigenvalue weighted by Crippen LogP contribution is 2.09. The second kappa shape index (κ2) is 7.67. The van der Waals surface area contributed by atoms with E-state index in [1.165, 1.54) is 13.0 Å².